The summed E-state index contributed by atoms with van der Waals surface area (Å²) in [5.74, 6) is -0.126. The van der Waals surface area contributed by atoms with Gasteiger partial charge in [0.2, 0.25) is 5.91 Å². The van der Waals surface area contributed by atoms with Crippen molar-refractivity contribution in [3.05, 3.63) is 16.0 Å². The molecule has 3 aliphatic heterocycles. The Kier molecular flexibility index (Phi) is 4.95. The third-order valence-electron chi connectivity index (χ3n) is 6.04. The highest BCUT2D eigenvalue weighted by molar-refractivity contribution is 7.17. The second-order valence-electron chi connectivity index (χ2n) is 8.00. The Hall–Kier alpha value is -1.93. The summed E-state index contributed by atoms with van der Waals surface area (Å²) in [6, 6.07) is 0. The molecule has 1 aromatic rings. The van der Waals surface area contributed by atoms with Crippen LogP contribution in [-0.4, -0.2) is 66.4 Å². The average molecular weight is 406 g/mol. The summed E-state index contributed by atoms with van der Waals surface area (Å²) in [7, 11) is 1.67. The van der Waals surface area contributed by atoms with Crippen molar-refractivity contribution < 1.29 is 19.1 Å². The van der Waals surface area contributed by atoms with Gasteiger partial charge in [-0.2, -0.15) is 0 Å². The number of ether oxygens (including phenoxy) is 1. The van der Waals surface area contributed by atoms with Crippen LogP contribution < -0.4 is 4.90 Å². The molecule has 1 aromatic heterocycles. The van der Waals surface area contributed by atoms with Gasteiger partial charge in [0.25, 0.3) is 11.8 Å². The molecule has 28 heavy (non-hydrogen) atoms. The van der Waals surface area contributed by atoms with Crippen LogP contribution in [0.4, 0.5) is 5.00 Å². The van der Waals surface area contributed by atoms with Gasteiger partial charge in [-0.3, -0.25) is 14.4 Å². The second-order valence-corrected chi connectivity index (χ2v) is 9.08. The molecule has 0 aromatic carbocycles. The molecule has 0 spiro atoms. The van der Waals surface area contributed by atoms with Crippen LogP contribution in [0.5, 0.6) is 0 Å². The van der Waals surface area contributed by atoms with Crippen molar-refractivity contribution in [3.8, 4) is 0 Å². The van der Waals surface area contributed by atoms with E-state index >= 15 is 0 Å². The summed E-state index contributed by atoms with van der Waals surface area (Å²) < 4.78 is 5.84. The normalized spacial score (nSPS) is 25.5. The number of fused-ring (bicyclic) bond motifs is 3. The zero-order chi connectivity index (χ0) is 20.1. The molecule has 3 aliphatic rings. The van der Waals surface area contributed by atoms with Crippen LogP contribution in [0.25, 0.3) is 0 Å². The summed E-state index contributed by atoms with van der Waals surface area (Å²) in [5.41, 5.74) is 0.914. The Balaban J connectivity index is 1.66. The monoisotopic (exact) mass is 405 g/mol. The molecule has 0 aliphatic carbocycles. The largest absolute Gasteiger partial charge is 0.365 e. The predicted octanol–water partition coefficient (Wildman–Crippen LogP) is 2.03. The first kappa shape index (κ1) is 19.4. The lowest BCUT2D eigenvalue weighted by Crippen LogP contribution is -2.51. The zero-order valence-corrected chi connectivity index (χ0v) is 17.6. The van der Waals surface area contributed by atoms with E-state index in [9.17, 15) is 14.4 Å². The number of anilines is 1. The number of likely N-dealkylation sites (N-methyl/N-ethyl adjacent to an activating group) is 2. The lowest BCUT2D eigenvalue weighted by Gasteiger charge is -2.38. The van der Waals surface area contributed by atoms with Crippen molar-refractivity contribution >= 4 is 34.1 Å². The highest BCUT2D eigenvalue weighted by atomic mass is 32.1. The number of hydrogen-bond donors (Lipinski definition) is 0. The Labute approximate surface area is 169 Å². The van der Waals surface area contributed by atoms with Crippen LogP contribution in [0.3, 0.4) is 0 Å². The van der Waals surface area contributed by atoms with E-state index in [-0.39, 0.29) is 24.3 Å². The quantitative estimate of drug-likeness (QED) is 0.755. The molecule has 4 rings (SSSR count). The molecule has 4 heterocycles. The molecule has 0 bridgehead atoms. The van der Waals surface area contributed by atoms with Gasteiger partial charge in [-0.15, -0.1) is 11.3 Å². The molecular formula is C20H27N3O4S. The maximum atomic E-state index is 13.1. The minimum absolute atomic E-state index is 0.0355. The predicted molar refractivity (Wildman–Crippen MR) is 107 cm³/mol. The van der Waals surface area contributed by atoms with Crippen LogP contribution in [0.15, 0.2) is 0 Å². The highest BCUT2D eigenvalue weighted by Gasteiger charge is 2.42. The van der Waals surface area contributed by atoms with Crippen molar-refractivity contribution in [1.82, 2.24) is 9.80 Å². The van der Waals surface area contributed by atoms with Crippen LogP contribution in [0.1, 0.15) is 53.9 Å². The molecule has 1 fully saturated rings. The third-order valence-corrected chi connectivity index (χ3v) is 7.28. The fraction of sp³-hybridized carbons (Fsp3) is 0.650. The summed E-state index contributed by atoms with van der Waals surface area (Å²) in [4.78, 5) is 44.7. The van der Waals surface area contributed by atoms with E-state index in [2.05, 4.69) is 0 Å². The molecule has 1 unspecified atom stereocenters. The van der Waals surface area contributed by atoms with Gasteiger partial charge in [-0.05, 0) is 45.1 Å². The Morgan fingerprint density at radius 2 is 2.04 bits per heavy atom. The molecule has 3 amide bonds. The van der Waals surface area contributed by atoms with Gasteiger partial charge in [0, 0.05) is 31.6 Å². The van der Waals surface area contributed by atoms with E-state index in [0.717, 1.165) is 34.7 Å². The summed E-state index contributed by atoms with van der Waals surface area (Å²) >= 11 is 1.48. The molecule has 0 radical (unpaired) electrons. The maximum absolute atomic E-state index is 13.1. The minimum Gasteiger partial charge on any atom is -0.365 e. The Bertz CT molecular complexity index is 828. The van der Waals surface area contributed by atoms with E-state index in [4.69, 9.17) is 4.74 Å². The van der Waals surface area contributed by atoms with Gasteiger partial charge in [-0.25, -0.2) is 0 Å². The van der Waals surface area contributed by atoms with Crippen LogP contribution >= 0.6 is 11.3 Å². The van der Waals surface area contributed by atoms with Crippen LogP contribution in [0.2, 0.25) is 0 Å². The molecule has 0 saturated carbocycles. The first-order chi connectivity index (χ1) is 13.4. The van der Waals surface area contributed by atoms with E-state index in [1.807, 2.05) is 18.7 Å². The molecular weight excluding hydrogens is 378 g/mol. The molecule has 1 saturated heterocycles. The van der Waals surface area contributed by atoms with Crippen LogP contribution in [-0.2, 0) is 27.3 Å². The number of rotatable bonds is 2. The first-order valence-electron chi connectivity index (χ1n) is 9.99. The summed E-state index contributed by atoms with van der Waals surface area (Å²) in [5, 5.41) is 0.737. The van der Waals surface area contributed by atoms with Crippen LogP contribution in [0, 0.1) is 0 Å². The zero-order valence-electron chi connectivity index (χ0n) is 16.7. The number of hydrogen-bond acceptors (Lipinski definition) is 5. The van der Waals surface area contributed by atoms with Gasteiger partial charge in [0.05, 0.1) is 12.1 Å². The first-order valence-corrected chi connectivity index (χ1v) is 10.8. The van der Waals surface area contributed by atoms with Gasteiger partial charge in [-0.1, -0.05) is 0 Å². The van der Waals surface area contributed by atoms with Gasteiger partial charge in [0.15, 0.2) is 0 Å². The number of carbonyl (C=O) groups excluding carboxylic acids is 3. The molecule has 1 atom stereocenters. The number of nitrogens with zero attached hydrogens (tertiary/aromatic N) is 3. The Morgan fingerprint density at radius 3 is 2.71 bits per heavy atom. The molecule has 7 nitrogen and oxygen atoms in total. The number of carbonyl (C=O) groups is 3. The topological polar surface area (TPSA) is 70.2 Å². The lowest BCUT2D eigenvalue weighted by molar-refractivity contribution is -0.162. The number of amides is 3. The van der Waals surface area contributed by atoms with E-state index < -0.39 is 5.60 Å². The van der Waals surface area contributed by atoms with Crippen molar-refractivity contribution in [1.29, 1.82) is 0 Å². The van der Waals surface area contributed by atoms with Gasteiger partial charge in [0.1, 0.15) is 17.1 Å². The number of thiophene rings is 1. The minimum atomic E-state index is -0.744. The summed E-state index contributed by atoms with van der Waals surface area (Å²) in [6.07, 6.45) is 3.38. The van der Waals surface area contributed by atoms with Gasteiger partial charge < -0.3 is 19.4 Å². The second kappa shape index (κ2) is 7.15. The van der Waals surface area contributed by atoms with Crippen molar-refractivity contribution in [2.45, 2.75) is 51.7 Å². The van der Waals surface area contributed by atoms with E-state index in [1.54, 1.807) is 11.9 Å². The fourth-order valence-corrected chi connectivity index (χ4v) is 5.83. The molecule has 152 valence electrons. The van der Waals surface area contributed by atoms with Crippen molar-refractivity contribution in [3.63, 3.8) is 0 Å². The molecule has 0 N–H and O–H groups in total. The fourth-order valence-electron chi connectivity index (χ4n) is 4.39. The van der Waals surface area contributed by atoms with Crippen molar-refractivity contribution in [2.24, 2.45) is 0 Å². The summed E-state index contributed by atoms with van der Waals surface area (Å²) in [6.45, 7) is 6.13. The third kappa shape index (κ3) is 3.03. The van der Waals surface area contributed by atoms with E-state index in [1.165, 1.54) is 16.2 Å². The SMILES string of the molecule is CCN1C(=O)CN(C)C(=O)c2c1sc1c2CCN(C(=O)C2(C)CCCCO2)C1. The Morgan fingerprint density at radius 1 is 1.25 bits per heavy atom. The smallest absolute Gasteiger partial charge is 0.257 e. The van der Waals surface area contributed by atoms with Crippen molar-refractivity contribution in [2.75, 3.05) is 38.2 Å². The van der Waals surface area contributed by atoms with E-state index in [0.29, 0.717) is 38.2 Å². The average Bonchev–Trinajstić information content (AvgIpc) is 3.02. The highest BCUT2D eigenvalue weighted by Crippen LogP contribution is 2.42. The maximum Gasteiger partial charge on any atom is 0.257 e. The molecule has 8 heteroatoms. The lowest BCUT2D eigenvalue weighted by atomic mass is 9.93. The van der Waals surface area contributed by atoms with Gasteiger partial charge >= 0.3 is 0 Å². The standard InChI is InChI=1S/C20H27N3O4S/c1-4-23-15(24)12-21(3)17(25)16-13-7-9-22(11-14(13)28-18(16)23)19(26)20(2)8-5-6-10-27-20/h4-12H2,1-3H3.